The summed E-state index contributed by atoms with van der Waals surface area (Å²) in [4.78, 5) is 11.5. The first-order valence-electron chi connectivity index (χ1n) is 5.02. The van der Waals surface area contributed by atoms with Crippen molar-refractivity contribution in [2.45, 2.75) is 46.1 Å². The van der Waals surface area contributed by atoms with E-state index in [1.54, 1.807) is 0 Å². The van der Waals surface area contributed by atoms with Crippen LogP contribution in [0.1, 0.15) is 40.0 Å². The first-order valence-corrected chi connectivity index (χ1v) is 5.02. The highest BCUT2D eigenvalue weighted by molar-refractivity contribution is 5.88. The Bertz CT molecular complexity index is 212. The van der Waals surface area contributed by atoms with Crippen LogP contribution in [0.5, 0.6) is 0 Å². The van der Waals surface area contributed by atoms with Crippen molar-refractivity contribution in [2.24, 2.45) is 5.92 Å². The molecule has 1 aliphatic rings. The summed E-state index contributed by atoms with van der Waals surface area (Å²) in [6.07, 6.45) is 5.33. The Morgan fingerprint density at radius 2 is 2.08 bits per heavy atom. The van der Waals surface area contributed by atoms with Crippen LogP contribution >= 0.6 is 0 Å². The molecule has 0 bridgehead atoms. The summed E-state index contributed by atoms with van der Waals surface area (Å²) in [6.45, 7) is 5.91. The largest absolute Gasteiger partial charge is 0.459 e. The second kappa shape index (κ2) is 4.45. The van der Waals surface area contributed by atoms with Gasteiger partial charge in [0.1, 0.15) is 6.10 Å². The summed E-state index contributed by atoms with van der Waals surface area (Å²) < 4.78 is 5.29. The lowest BCUT2D eigenvalue weighted by Crippen LogP contribution is -2.26. The molecule has 0 aromatic heterocycles. The van der Waals surface area contributed by atoms with Crippen molar-refractivity contribution in [3.05, 3.63) is 11.6 Å². The predicted octanol–water partition coefficient (Wildman–Crippen LogP) is 2.68. The molecular formula is C11H18O2. The topological polar surface area (TPSA) is 26.3 Å². The highest BCUT2D eigenvalue weighted by Crippen LogP contribution is 2.24. The minimum Gasteiger partial charge on any atom is -0.459 e. The molecule has 0 heterocycles. The Kier molecular flexibility index (Phi) is 3.52. The second-order valence-corrected chi connectivity index (χ2v) is 3.86. The molecule has 1 saturated carbocycles. The van der Waals surface area contributed by atoms with E-state index in [0.717, 1.165) is 18.4 Å². The molecule has 0 aromatic rings. The minimum atomic E-state index is -0.123. The van der Waals surface area contributed by atoms with Crippen molar-refractivity contribution in [1.29, 1.82) is 0 Å². The lowest BCUT2D eigenvalue weighted by Gasteiger charge is -2.26. The molecule has 0 radical (unpaired) electrons. The van der Waals surface area contributed by atoms with Crippen LogP contribution in [0.25, 0.3) is 0 Å². The summed E-state index contributed by atoms with van der Waals surface area (Å²) in [6, 6.07) is 0. The summed E-state index contributed by atoms with van der Waals surface area (Å²) in [7, 11) is 0. The number of hydrogen-bond donors (Lipinski definition) is 0. The molecular weight excluding hydrogens is 164 g/mol. The number of hydrogen-bond acceptors (Lipinski definition) is 2. The molecule has 74 valence electrons. The molecule has 0 aliphatic heterocycles. The maximum Gasteiger partial charge on any atom is 0.334 e. The van der Waals surface area contributed by atoms with Gasteiger partial charge in [0.15, 0.2) is 0 Å². The number of carbonyl (C=O) groups is 1. The zero-order chi connectivity index (χ0) is 9.84. The maximum absolute atomic E-state index is 11.5. The molecule has 1 fully saturated rings. The fourth-order valence-corrected chi connectivity index (χ4v) is 1.39. The second-order valence-electron chi connectivity index (χ2n) is 3.86. The van der Waals surface area contributed by atoms with Crippen molar-refractivity contribution >= 4 is 5.97 Å². The fourth-order valence-electron chi connectivity index (χ4n) is 1.39. The van der Waals surface area contributed by atoms with Crippen molar-refractivity contribution < 1.29 is 9.53 Å². The third kappa shape index (κ3) is 2.58. The average molecular weight is 182 g/mol. The van der Waals surface area contributed by atoms with Gasteiger partial charge in [0.2, 0.25) is 0 Å². The highest BCUT2D eigenvalue weighted by Gasteiger charge is 2.23. The smallest absolute Gasteiger partial charge is 0.334 e. The van der Waals surface area contributed by atoms with Gasteiger partial charge in [-0.2, -0.15) is 0 Å². The van der Waals surface area contributed by atoms with Crippen LogP contribution in [-0.2, 0) is 9.53 Å². The van der Waals surface area contributed by atoms with Crippen LogP contribution in [0.4, 0.5) is 0 Å². The molecule has 2 heteroatoms. The van der Waals surface area contributed by atoms with Gasteiger partial charge in [0.25, 0.3) is 0 Å². The van der Waals surface area contributed by atoms with Gasteiger partial charge in [-0.05, 0) is 32.1 Å². The SMILES string of the molecule is C/C=C(/C(=O)OC1CCC1)C(C)C. The summed E-state index contributed by atoms with van der Waals surface area (Å²) >= 11 is 0. The molecule has 1 rings (SSSR count). The summed E-state index contributed by atoms with van der Waals surface area (Å²) in [5.74, 6) is 0.139. The van der Waals surface area contributed by atoms with Crippen LogP contribution in [0.15, 0.2) is 11.6 Å². The number of allylic oxidation sites excluding steroid dienone is 1. The van der Waals surface area contributed by atoms with Crippen molar-refractivity contribution in [1.82, 2.24) is 0 Å². The third-order valence-corrected chi connectivity index (χ3v) is 2.49. The van der Waals surface area contributed by atoms with Crippen LogP contribution in [0.3, 0.4) is 0 Å². The average Bonchev–Trinajstić information content (AvgIpc) is 1.97. The van der Waals surface area contributed by atoms with Crippen molar-refractivity contribution in [3.63, 3.8) is 0 Å². The first-order chi connectivity index (χ1) is 6.15. The summed E-state index contributed by atoms with van der Waals surface area (Å²) in [5.41, 5.74) is 0.798. The third-order valence-electron chi connectivity index (χ3n) is 2.49. The molecule has 0 saturated heterocycles. The minimum absolute atomic E-state index is 0.123. The summed E-state index contributed by atoms with van der Waals surface area (Å²) in [5, 5.41) is 0. The number of ether oxygens (including phenoxy) is 1. The molecule has 13 heavy (non-hydrogen) atoms. The van der Waals surface area contributed by atoms with E-state index < -0.39 is 0 Å². The van der Waals surface area contributed by atoms with Gasteiger partial charge in [-0.1, -0.05) is 19.9 Å². The van der Waals surface area contributed by atoms with Gasteiger partial charge < -0.3 is 4.74 Å². The first kappa shape index (κ1) is 10.3. The van der Waals surface area contributed by atoms with Gasteiger partial charge in [-0.25, -0.2) is 4.79 Å². The van der Waals surface area contributed by atoms with Gasteiger partial charge in [0.05, 0.1) is 0 Å². The normalized spacial score (nSPS) is 18.6. The van der Waals surface area contributed by atoms with E-state index >= 15 is 0 Å². The van der Waals surface area contributed by atoms with Crippen molar-refractivity contribution in [3.8, 4) is 0 Å². The standard InChI is InChI=1S/C11H18O2/c1-4-10(8(2)3)11(12)13-9-6-5-7-9/h4,8-9H,5-7H2,1-3H3/b10-4+. The Morgan fingerprint density at radius 1 is 1.46 bits per heavy atom. The lowest BCUT2D eigenvalue weighted by molar-refractivity contribution is -0.148. The van der Waals surface area contributed by atoms with E-state index in [4.69, 9.17) is 4.74 Å². The van der Waals surface area contributed by atoms with Crippen LogP contribution in [-0.4, -0.2) is 12.1 Å². The van der Waals surface area contributed by atoms with Gasteiger partial charge in [-0.15, -0.1) is 0 Å². The zero-order valence-corrected chi connectivity index (χ0v) is 8.67. The van der Waals surface area contributed by atoms with E-state index in [2.05, 4.69) is 0 Å². The van der Waals surface area contributed by atoms with Crippen molar-refractivity contribution in [2.75, 3.05) is 0 Å². The van der Waals surface area contributed by atoms with E-state index in [1.807, 2.05) is 26.8 Å². The van der Waals surface area contributed by atoms with E-state index in [9.17, 15) is 4.79 Å². The number of esters is 1. The molecule has 0 unspecified atom stereocenters. The quantitative estimate of drug-likeness (QED) is 0.495. The van der Waals surface area contributed by atoms with Crippen LogP contribution in [0.2, 0.25) is 0 Å². The predicted molar refractivity (Wildman–Crippen MR) is 52.3 cm³/mol. The molecule has 0 atom stereocenters. The Hall–Kier alpha value is -0.790. The van der Waals surface area contributed by atoms with E-state index in [1.165, 1.54) is 6.42 Å². The highest BCUT2D eigenvalue weighted by atomic mass is 16.5. The Balaban J connectivity index is 2.44. The van der Waals surface area contributed by atoms with E-state index in [-0.39, 0.29) is 18.0 Å². The van der Waals surface area contributed by atoms with Crippen LogP contribution < -0.4 is 0 Å². The number of carbonyl (C=O) groups excluding carboxylic acids is 1. The lowest BCUT2D eigenvalue weighted by atomic mass is 9.96. The molecule has 0 amide bonds. The molecule has 1 aliphatic carbocycles. The molecule has 0 spiro atoms. The molecule has 0 aromatic carbocycles. The Labute approximate surface area is 80.0 Å². The van der Waals surface area contributed by atoms with Gasteiger partial charge in [-0.3, -0.25) is 0 Å². The molecule has 0 N–H and O–H groups in total. The van der Waals surface area contributed by atoms with Gasteiger partial charge >= 0.3 is 5.97 Å². The zero-order valence-electron chi connectivity index (χ0n) is 8.67. The Morgan fingerprint density at radius 3 is 2.38 bits per heavy atom. The van der Waals surface area contributed by atoms with Gasteiger partial charge in [0, 0.05) is 5.57 Å². The van der Waals surface area contributed by atoms with E-state index in [0.29, 0.717) is 0 Å². The van der Waals surface area contributed by atoms with Crippen LogP contribution in [0, 0.1) is 5.92 Å². The maximum atomic E-state index is 11.5. The molecule has 2 nitrogen and oxygen atoms in total. The monoisotopic (exact) mass is 182 g/mol. The fraction of sp³-hybridized carbons (Fsp3) is 0.727. The number of rotatable bonds is 3.